The summed E-state index contributed by atoms with van der Waals surface area (Å²) in [6.07, 6.45) is 1.05. The van der Waals surface area contributed by atoms with Gasteiger partial charge in [0, 0.05) is 38.8 Å². The molecule has 1 aliphatic heterocycles. The van der Waals surface area contributed by atoms with E-state index in [0.29, 0.717) is 11.7 Å². The molecule has 6 heteroatoms. The Morgan fingerprint density at radius 1 is 1.09 bits per heavy atom. The van der Waals surface area contributed by atoms with Crippen LogP contribution in [-0.2, 0) is 0 Å². The maximum atomic E-state index is 10.3. The molecule has 1 aromatic heterocycles. The zero-order chi connectivity index (χ0) is 15.4. The maximum Gasteiger partial charge on any atom is 0.134 e. The minimum absolute atomic E-state index is 0.443. The van der Waals surface area contributed by atoms with E-state index in [1.807, 2.05) is 30.3 Å². The normalized spacial score (nSPS) is 17.5. The summed E-state index contributed by atoms with van der Waals surface area (Å²) in [5.41, 5.74) is 0.965. The Morgan fingerprint density at radius 2 is 1.82 bits per heavy atom. The molecule has 0 spiro atoms. The number of nitrogens with zero attached hydrogens (tertiary/aromatic N) is 4. The number of aliphatic hydroxyl groups is 1. The van der Waals surface area contributed by atoms with Crippen LogP contribution in [0.5, 0.6) is 0 Å². The molecule has 1 atom stereocenters. The highest BCUT2D eigenvalue weighted by molar-refractivity contribution is 6.29. The highest BCUT2D eigenvalue weighted by Crippen LogP contribution is 2.18. The van der Waals surface area contributed by atoms with Gasteiger partial charge in [-0.15, -0.1) is 0 Å². The number of piperazine rings is 1. The number of hydrogen-bond donors (Lipinski definition) is 1. The summed E-state index contributed by atoms with van der Waals surface area (Å²) < 4.78 is 0. The summed E-state index contributed by atoms with van der Waals surface area (Å²) in [5.74, 6) is 0.864. The van der Waals surface area contributed by atoms with Gasteiger partial charge in [-0.3, -0.25) is 4.90 Å². The van der Waals surface area contributed by atoms with Gasteiger partial charge in [0.15, 0.2) is 0 Å². The monoisotopic (exact) mass is 318 g/mol. The molecule has 2 aromatic rings. The van der Waals surface area contributed by atoms with Gasteiger partial charge in [0.05, 0.1) is 6.10 Å². The first kappa shape index (κ1) is 15.2. The molecule has 1 fully saturated rings. The van der Waals surface area contributed by atoms with Gasteiger partial charge in [-0.2, -0.15) is 0 Å². The Labute approximate surface area is 135 Å². The second-order valence-electron chi connectivity index (χ2n) is 5.41. The van der Waals surface area contributed by atoms with Crippen LogP contribution in [0.2, 0.25) is 5.15 Å². The van der Waals surface area contributed by atoms with E-state index in [0.717, 1.165) is 37.6 Å². The number of hydrogen-bond acceptors (Lipinski definition) is 5. The Kier molecular flexibility index (Phi) is 4.87. The number of aliphatic hydroxyl groups excluding tert-OH is 1. The van der Waals surface area contributed by atoms with Gasteiger partial charge in [-0.1, -0.05) is 41.9 Å². The quantitative estimate of drug-likeness (QED) is 0.874. The van der Waals surface area contributed by atoms with Gasteiger partial charge in [0.25, 0.3) is 0 Å². The Hall–Kier alpha value is -1.69. The molecule has 2 heterocycles. The second kappa shape index (κ2) is 7.05. The Morgan fingerprint density at radius 3 is 2.50 bits per heavy atom. The van der Waals surface area contributed by atoms with Gasteiger partial charge in [-0.05, 0) is 5.56 Å². The lowest BCUT2D eigenvalue weighted by Crippen LogP contribution is -2.47. The smallest absolute Gasteiger partial charge is 0.134 e. The minimum Gasteiger partial charge on any atom is -0.387 e. The number of aromatic nitrogens is 2. The maximum absolute atomic E-state index is 10.3. The molecule has 116 valence electrons. The molecule has 1 saturated heterocycles. The molecule has 0 aliphatic carbocycles. The molecule has 0 radical (unpaired) electrons. The van der Waals surface area contributed by atoms with Gasteiger partial charge >= 0.3 is 0 Å². The third kappa shape index (κ3) is 3.74. The Balaban J connectivity index is 1.54. The zero-order valence-corrected chi connectivity index (χ0v) is 13.0. The number of β-amino-alcohol motifs (C(OH)–C–C–N with tert-alkyl or cyclic N) is 1. The van der Waals surface area contributed by atoms with Crippen LogP contribution in [0.3, 0.4) is 0 Å². The van der Waals surface area contributed by atoms with Gasteiger partial charge in [0.2, 0.25) is 0 Å². The highest BCUT2D eigenvalue weighted by Gasteiger charge is 2.20. The van der Waals surface area contributed by atoms with Crippen molar-refractivity contribution in [1.29, 1.82) is 0 Å². The third-order valence-electron chi connectivity index (χ3n) is 3.93. The molecule has 1 N–H and O–H groups in total. The van der Waals surface area contributed by atoms with Crippen molar-refractivity contribution in [3.8, 4) is 0 Å². The largest absolute Gasteiger partial charge is 0.387 e. The van der Waals surface area contributed by atoms with Crippen LogP contribution in [0.25, 0.3) is 0 Å². The molecule has 1 unspecified atom stereocenters. The first-order chi connectivity index (χ1) is 10.7. The van der Waals surface area contributed by atoms with Crippen molar-refractivity contribution in [2.75, 3.05) is 37.6 Å². The molecule has 0 bridgehead atoms. The van der Waals surface area contributed by atoms with Gasteiger partial charge < -0.3 is 10.0 Å². The van der Waals surface area contributed by atoms with E-state index < -0.39 is 6.10 Å². The van der Waals surface area contributed by atoms with E-state index >= 15 is 0 Å². The van der Waals surface area contributed by atoms with Crippen molar-refractivity contribution in [3.05, 3.63) is 53.4 Å². The summed E-state index contributed by atoms with van der Waals surface area (Å²) in [4.78, 5) is 12.6. The summed E-state index contributed by atoms with van der Waals surface area (Å²) in [6.45, 7) is 4.18. The van der Waals surface area contributed by atoms with Crippen LogP contribution in [0, 0.1) is 0 Å². The molecule has 3 rings (SSSR count). The predicted octanol–water partition coefficient (Wildman–Crippen LogP) is 1.99. The zero-order valence-electron chi connectivity index (χ0n) is 12.3. The second-order valence-corrected chi connectivity index (χ2v) is 5.80. The third-order valence-corrected chi connectivity index (χ3v) is 4.14. The molecular formula is C16H19ClN4O. The summed E-state index contributed by atoms with van der Waals surface area (Å²) in [7, 11) is 0. The lowest BCUT2D eigenvalue weighted by atomic mass is 10.1. The lowest BCUT2D eigenvalue weighted by Gasteiger charge is -2.36. The predicted molar refractivity (Wildman–Crippen MR) is 87.1 cm³/mol. The fourth-order valence-corrected chi connectivity index (χ4v) is 2.82. The molecule has 5 nitrogen and oxygen atoms in total. The summed E-state index contributed by atoms with van der Waals surface area (Å²) in [5, 5.41) is 10.8. The molecule has 22 heavy (non-hydrogen) atoms. The van der Waals surface area contributed by atoms with Crippen molar-refractivity contribution in [2.24, 2.45) is 0 Å². The number of benzene rings is 1. The van der Waals surface area contributed by atoms with Crippen LogP contribution >= 0.6 is 11.6 Å². The van der Waals surface area contributed by atoms with Crippen molar-refractivity contribution in [3.63, 3.8) is 0 Å². The first-order valence-corrected chi connectivity index (χ1v) is 7.78. The van der Waals surface area contributed by atoms with E-state index in [4.69, 9.17) is 11.6 Å². The number of rotatable bonds is 4. The van der Waals surface area contributed by atoms with Crippen LogP contribution in [-0.4, -0.2) is 52.7 Å². The molecule has 1 aliphatic rings. The summed E-state index contributed by atoms with van der Waals surface area (Å²) in [6, 6.07) is 11.6. The summed E-state index contributed by atoms with van der Waals surface area (Å²) >= 11 is 5.91. The number of anilines is 1. The minimum atomic E-state index is -0.443. The average Bonchev–Trinajstić information content (AvgIpc) is 2.56. The van der Waals surface area contributed by atoms with Crippen LogP contribution in [0.15, 0.2) is 42.7 Å². The van der Waals surface area contributed by atoms with Crippen molar-refractivity contribution < 1.29 is 5.11 Å². The SMILES string of the molecule is OC(CN1CCN(c2cc(Cl)ncn2)CC1)c1ccccc1. The van der Waals surface area contributed by atoms with Crippen LogP contribution in [0.4, 0.5) is 5.82 Å². The molecular weight excluding hydrogens is 300 g/mol. The topological polar surface area (TPSA) is 52.5 Å². The van der Waals surface area contributed by atoms with E-state index in [9.17, 15) is 5.11 Å². The fraction of sp³-hybridized carbons (Fsp3) is 0.375. The van der Waals surface area contributed by atoms with Gasteiger partial charge in [0.1, 0.15) is 17.3 Å². The number of halogens is 1. The molecule has 0 saturated carbocycles. The average molecular weight is 319 g/mol. The standard InChI is InChI=1S/C16H19ClN4O/c17-15-10-16(19-12-18-15)21-8-6-20(7-9-21)11-14(22)13-4-2-1-3-5-13/h1-5,10,12,14,22H,6-9,11H2. The van der Waals surface area contributed by atoms with Crippen molar-refractivity contribution in [1.82, 2.24) is 14.9 Å². The fourth-order valence-electron chi connectivity index (χ4n) is 2.68. The van der Waals surface area contributed by atoms with Crippen molar-refractivity contribution >= 4 is 17.4 Å². The molecule has 1 aromatic carbocycles. The van der Waals surface area contributed by atoms with Gasteiger partial charge in [-0.25, -0.2) is 9.97 Å². The highest BCUT2D eigenvalue weighted by atomic mass is 35.5. The Bertz CT molecular complexity index is 602. The molecule has 0 amide bonds. The van der Waals surface area contributed by atoms with E-state index in [1.54, 1.807) is 6.07 Å². The lowest BCUT2D eigenvalue weighted by molar-refractivity contribution is 0.109. The van der Waals surface area contributed by atoms with Crippen LogP contribution in [0.1, 0.15) is 11.7 Å². The van der Waals surface area contributed by atoms with Crippen molar-refractivity contribution in [2.45, 2.75) is 6.10 Å². The van der Waals surface area contributed by atoms with Crippen LogP contribution < -0.4 is 4.90 Å². The van der Waals surface area contributed by atoms with E-state index in [-0.39, 0.29) is 0 Å². The van der Waals surface area contributed by atoms with E-state index in [1.165, 1.54) is 6.33 Å². The first-order valence-electron chi connectivity index (χ1n) is 7.40. The van der Waals surface area contributed by atoms with E-state index in [2.05, 4.69) is 19.8 Å².